The highest BCUT2D eigenvalue weighted by molar-refractivity contribution is 6.60. The summed E-state index contributed by atoms with van der Waals surface area (Å²) in [5, 5.41) is 0. The molecule has 1 unspecified atom stereocenters. The Morgan fingerprint density at radius 1 is 0.950 bits per heavy atom. The van der Waals surface area contributed by atoms with E-state index in [1.165, 1.54) is 14.2 Å². The highest BCUT2D eigenvalue weighted by Crippen LogP contribution is 2.27. The predicted octanol–water partition coefficient (Wildman–Crippen LogP) is 1.30. The lowest BCUT2D eigenvalue weighted by atomic mass is 10.4. The largest absolute Gasteiger partial charge is 0.507 e. The second-order valence-electron chi connectivity index (χ2n) is 4.17. The fraction of sp³-hybridized carbons (Fsp3) is 1.00. The molecule has 122 valence electrons. The molecule has 0 amide bonds. The van der Waals surface area contributed by atoms with Crippen molar-refractivity contribution in [2.75, 3.05) is 34.0 Å². The van der Waals surface area contributed by atoms with E-state index in [0.29, 0.717) is 25.9 Å². The van der Waals surface area contributed by atoms with Gasteiger partial charge in [-0.2, -0.15) is 0 Å². The van der Waals surface area contributed by atoms with Crippen LogP contribution >= 0.6 is 0 Å². The molecule has 0 spiro atoms. The Bertz CT molecular complexity index is 233. The molecule has 20 heavy (non-hydrogen) atoms. The molecule has 2 N–H and O–H groups in total. The van der Waals surface area contributed by atoms with E-state index >= 15 is 0 Å². The smallest absolute Gasteiger partial charge is 0.377 e. The van der Waals surface area contributed by atoms with E-state index in [2.05, 4.69) is 0 Å². The second-order valence-corrected chi connectivity index (χ2v) is 6.97. The van der Waals surface area contributed by atoms with E-state index in [1.54, 1.807) is 0 Å². The lowest BCUT2D eigenvalue weighted by molar-refractivity contribution is -0.478. The summed E-state index contributed by atoms with van der Waals surface area (Å²) in [5.74, 6) is 0. The minimum Gasteiger partial charge on any atom is -0.377 e. The van der Waals surface area contributed by atoms with Crippen molar-refractivity contribution in [1.29, 1.82) is 0 Å². The summed E-state index contributed by atoms with van der Waals surface area (Å²) in [5.41, 5.74) is 5.84. The monoisotopic (exact) mass is 311 g/mol. The van der Waals surface area contributed by atoms with Gasteiger partial charge in [0.25, 0.3) is 0 Å². The Hall–Kier alpha value is -0.0631. The molecule has 0 aliphatic carbocycles. The van der Waals surface area contributed by atoms with Gasteiger partial charge in [-0.1, -0.05) is 0 Å². The maximum atomic E-state index is 5.90. The maximum Gasteiger partial charge on any atom is 0.507 e. The van der Waals surface area contributed by atoms with Crippen LogP contribution in [0, 0.1) is 0 Å². The Labute approximate surface area is 123 Å². The van der Waals surface area contributed by atoms with Gasteiger partial charge in [-0.3, -0.25) is 4.43 Å². The van der Waals surface area contributed by atoms with Crippen LogP contribution in [0.3, 0.4) is 0 Å². The van der Waals surface area contributed by atoms with Crippen molar-refractivity contribution in [3.05, 3.63) is 0 Å². The summed E-state index contributed by atoms with van der Waals surface area (Å²) in [6.07, 6.45) is -1.62. The van der Waals surface area contributed by atoms with Crippen LogP contribution in [0.5, 0.6) is 0 Å². The fourth-order valence-electron chi connectivity index (χ4n) is 1.70. The molecule has 0 saturated heterocycles. The molecule has 1 atom stereocenters. The number of rotatable bonds is 12. The van der Waals surface area contributed by atoms with Crippen molar-refractivity contribution >= 4 is 8.80 Å². The summed E-state index contributed by atoms with van der Waals surface area (Å²) in [6, 6.07) is 0.277. The third kappa shape index (κ3) is 6.14. The zero-order valence-corrected chi connectivity index (χ0v) is 14.4. The molecule has 0 radical (unpaired) electrons. The molecular weight excluding hydrogens is 282 g/mol. The first kappa shape index (κ1) is 19.9. The van der Waals surface area contributed by atoms with E-state index in [9.17, 15) is 0 Å². The van der Waals surface area contributed by atoms with Crippen LogP contribution in [0.25, 0.3) is 0 Å². The van der Waals surface area contributed by atoms with Gasteiger partial charge < -0.3 is 28.8 Å². The van der Waals surface area contributed by atoms with Gasteiger partial charge in [0.05, 0.1) is 19.8 Å². The molecule has 0 rings (SSSR count). The molecule has 0 bridgehead atoms. The van der Waals surface area contributed by atoms with Gasteiger partial charge in [0.15, 0.2) is 0 Å². The first-order chi connectivity index (χ1) is 9.43. The van der Waals surface area contributed by atoms with Crippen LogP contribution in [0.4, 0.5) is 0 Å². The van der Waals surface area contributed by atoms with Crippen molar-refractivity contribution in [3.63, 3.8) is 0 Å². The Balaban J connectivity index is 5.21. The van der Waals surface area contributed by atoms with Crippen molar-refractivity contribution in [2.45, 2.75) is 45.9 Å². The third-order valence-corrected chi connectivity index (χ3v) is 5.39. The van der Waals surface area contributed by atoms with Gasteiger partial charge in [-0.25, -0.2) is 0 Å². The van der Waals surface area contributed by atoms with Gasteiger partial charge in [0.1, 0.15) is 0 Å². The topological polar surface area (TPSA) is 81.4 Å². The van der Waals surface area contributed by atoms with Crippen LogP contribution < -0.4 is 5.73 Å². The summed E-state index contributed by atoms with van der Waals surface area (Å²) < 4.78 is 33.4. The zero-order chi connectivity index (χ0) is 15.6. The SMILES string of the molecule is CCOC(OCC)(OCC)O[Si](CC(C)N)(OC)OC. The molecular formula is C12H29NO6Si. The zero-order valence-electron chi connectivity index (χ0n) is 13.4. The number of nitrogens with two attached hydrogens (primary N) is 1. The molecule has 0 heterocycles. The lowest BCUT2D eigenvalue weighted by Gasteiger charge is -2.38. The average Bonchev–Trinajstić information content (AvgIpc) is 2.38. The lowest BCUT2D eigenvalue weighted by Crippen LogP contribution is -2.57. The number of ether oxygens (including phenoxy) is 3. The normalized spacial score (nSPS) is 14.6. The summed E-state index contributed by atoms with van der Waals surface area (Å²) in [7, 11) is -0.0126. The van der Waals surface area contributed by atoms with Gasteiger partial charge in [0.2, 0.25) is 0 Å². The molecule has 0 aliphatic rings. The second kappa shape index (κ2) is 9.80. The van der Waals surface area contributed by atoms with Crippen molar-refractivity contribution in [2.24, 2.45) is 5.73 Å². The first-order valence-electron chi connectivity index (χ1n) is 6.91. The summed E-state index contributed by atoms with van der Waals surface area (Å²) >= 11 is 0. The minimum atomic E-state index is -3.05. The minimum absolute atomic E-state index is 0.149. The molecule has 0 aromatic heterocycles. The van der Waals surface area contributed by atoms with Crippen LogP contribution in [0.1, 0.15) is 27.7 Å². The fourth-order valence-corrected chi connectivity index (χ4v) is 3.80. The van der Waals surface area contributed by atoms with Crippen LogP contribution in [0.2, 0.25) is 6.04 Å². The highest BCUT2D eigenvalue weighted by Gasteiger charge is 2.51. The predicted molar refractivity (Wildman–Crippen MR) is 76.9 cm³/mol. The van der Waals surface area contributed by atoms with Crippen molar-refractivity contribution in [1.82, 2.24) is 0 Å². The highest BCUT2D eigenvalue weighted by atomic mass is 28.4. The maximum absolute atomic E-state index is 5.90. The van der Waals surface area contributed by atoms with E-state index in [-0.39, 0.29) is 6.04 Å². The molecule has 7 nitrogen and oxygen atoms in total. The molecule has 0 aliphatic heterocycles. The Kier molecular flexibility index (Phi) is 9.77. The van der Waals surface area contributed by atoms with Crippen molar-refractivity contribution < 1.29 is 27.5 Å². The van der Waals surface area contributed by atoms with Gasteiger partial charge in [0, 0.05) is 26.3 Å². The number of hydrogen-bond donors (Lipinski definition) is 1. The molecule has 0 aromatic carbocycles. The summed E-state index contributed by atoms with van der Waals surface area (Å²) in [4.78, 5) is 0. The molecule has 0 aromatic rings. The van der Waals surface area contributed by atoms with E-state index in [0.717, 1.165) is 0 Å². The standard InChI is InChI=1S/C12H29NO6Si/c1-7-16-12(17-8-2,18-9-3)19-20(14-5,15-6)10-11(4)13/h11H,7-10,13H2,1-6H3. The third-order valence-electron chi connectivity index (χ3n) is 2.44. The molecule has 0 saturated carbocycles. The summed E-state index contributed by atoms with van der Waals surface area (Å²) in [6.45, 7) is 8.40. The molecule has 8 heteroatoms. The molecule has 0 fully saturated rings. The van der Waals surface area contributed by atoms with E-state index < -0.39 is 15.0 Å². The quantitative estimate of drug-likeness (QED) is 0.430. The van der Waals surface area contributed by atoms with E-state index in [4.69, 9.17) is 33.2 Å². The van der Waals surface area contributed by atoms with Crippen LogP contribution in [-0.4, -0.2) is 55.0 Å². The van der Waals surface area contributed by atoms with Crippen LogP contribution in [-0.2, 0) is 27.5 Å². The van der Waals surface area contributed by atoms with Crippen LogP contribution in [0.15, 0.2) is 0 Å². The van der Waals surface area contributed by atoms with E-state index in [1.807, 2.05) is 27.7 Å². The van der Waals surface area contributed by atoms with Gasteiger partial charge >= 0.3 is 15.0 Å². The van der Waals surface area contributed by atoms with Gasteiger partial charge in [-0.15, -0.1) is 0 Å². The average molecular weight is 311 g/mol. The van der Waals surface area contributed by atoms with Gasteiger partial charge in [-0.05, 0) is 27.7 Å². The Morgan fingerprint density at radius 3 is 1.60 bits per heavy atom. The van der Waals surface area contributed by atoms with Crippen molar-refractivity contribution in [3.8, 4) is 0 Å². The first-order valence-corrected chi connectivity index (χ1v) is 8.84. The number of hydrogen-bond acceptors (Lipinski definition) is 7. The Morgan fingerprint density at radius 2 is 1.35 bits per heavy atom.